The molecule has 2 aromatic rings. The van der Waals surface area contributed by atoms with Crippen molar-refractivity contribution in [2.75, 3.05) is 11.9 Å². The van der Waals surface area contributed by atoms with Gasteiger partial charge in [0.05, 0.1) is 11.6 Å². The molecule has 0 radical (unpaired) electrons. The number of carbonyl (C=O) groups is 1. The molecule has 1 saturated carbocycles. The van der Waals surface area contributed by atoms with Crippen LogP contribution in [0.25, 0.3) is 0 Å². The largest absolute Gasteiger partial charge is 0.489 e. The SMILES string of the molecule is O=C(Nc1ncccc1OCC1CCCCC1)c1cc(Cl)c[nH]1. The Morgan fingerprint density at radius 1 is 1.39 bits per heavy atom. The average Bonchev–Trinajstić information content (AvgIpc) is 3.02. The Hall–Kier alpha value is -2.01. The van der Waals surface area contributed by atoms with Crippen LogP contribution in [0.4, 0.5) is 5.82 Å². The van der Waals surface area contributed by atoms with Gasteiger partial charge in [-0.15, -0.1) is 0 Å². The topological polar surface area (TPSA) is 67.0 Å². The molecule has 0 saturated heterocycles. The molecule has 2 N–H and O–H groups in total. The second kappa shape index (κ2) is 7.51. The Labute approximate surface area is 140 Å². The van der Waals surface area contributed by atoms with Crippen molar-refractivity contribution in [2.24, 2.45) is 5.92 Å². The molecule has 0 unspecified atom stereocenters. The van der Waals surface area contributed by atoms with Gasteiger partial charge >= 0.3 is 0 Å². The fraction of sp³-hybridized carbons (Fsp3) is 0.412. The van der Waals surface area contributed by atoms with Crippen molar-refractivity contribution in [3.63, 3.8) is 0 Å². The maximum Gasteiger partial charge on any atom is 0.273 e. The van der Waals surface area contributed by atoms with Crippen LogP contribution >= 0.6 is 11.6 Å². The van der Waals surface area contributed by atoms with Gasteiger partial charge in [0.25, 0.3) is 5.91 Å². The highest BCUT2D eigenvalue weighted by Gasteiger charge is 2.16. The summed E-state index contributed by atoms with van der Waals surface area (Å²) in [6.45, 7) is 0.670. The molecule has 1 fully saturated rings. The van der Waals surface area contributed by atoms with E-state index >= 15 is 0 Å². The Bertz CT molecular complexity index is 665. The number of aromatic amines is 1. The minimum absolute atomic E-state index is 0.293. The van der Waals surface area contributed by atoms with Gasteiger partial charge in [-0.2, -0.15) is 0 Å². The summed E-state index contributed by atoms with van der Waals surface area (Å²) in [7, 11) is 0. The third-order valence-corrected chi connectivity index (χ3v) is 4.31. The lowest BCUT2D eigenvalue weighted by molar-refractivity contribution is 0.102. The van der Waals surface area contributed by atoms with E-state index in [-0.39, 0.29) is 5.91 Å². The molecule has 0 atom stereocenters. The van der Waals surface area contributed by atoms with E-state index in [1.165, 1.54) is 32.1 Å². The van der Waals surface area contributed by atoms with E-state index in [1.807, 2.05) is 6.07 Å². The van der Waals surface area contributed by atoms with Crippen LogP contribution in [0, 0.1) is 5.92 Å². The molecule has 5 nitrogen and oxygen atoms in total. The first kappa shape index (κ1) is 15.9. The first-order chi connectivity index (χ1) is 11.2. The van der Waals surface area contributed by atoms with Gasteiger partial charge in [-0.25, -0.2) is 4.98 Å². The highest BCUT2D eigenvalue weighted by molar-refractivity contribution is 6.31. The van der Waals surface area contributed by atoms with Gasteiger partial charge < -0.3 is 15.0 Å². The van der Waals surface area contributed by atoms with E-state index in [0.29, 0.717) is 34.8 Å². The number of ether oxygens (including phenoxy) is 1. The lowest BCUT2D eigenvalue weighted by atomic mass is 9.90. The summed E-state index contributed by atoms with van der Waals surface area (Å²) in [6, 6.07) is 5.20. The number of halogens is 1. The fourth-order valence-electron chi connectivity index (χ4n) is 2.84. The molecule has 3 rings (SSSR count). The van der Waals surface area contributed by atoms with E-state index in [4.69, 9.17) is 16.3 Å². The molecule has 122 valence electrons. The molecule has 1 aliphatic rings. The molecular weight excluding hydrogens is 314 g/mol. The van der Waals surface area contributed by atoms with Gasteiger partial charge in [-0.05, 0) is 37.0 Å². The van der Waals surface area contributed by atoms with Gasteiger partial charge in [0.15, 0.2) is 11.6 Å². The van der Waals surface area contributed by atoms with E-state index < -0.39 is 0 Å². The number of nitrogens with one attached hydrogen (secondary N) is 2. The number of rotatable bonds is 5. The number of hydrogen-bond acceptors (Lipinski definition) is 3. The normalized spacial score (nSPS) is 15.3. The molecule has 2 heterocycles. The van der Waals surface area contributed by atoms with Gasteiger partial charge in [-0.1, -0.05) is 30.9 Å². The van der Waals surface area contributed by atoms with Crippen LogP contribution in [-0.4, -0.2) is 22.5 Å². The molecule has 6 heteroatoms. The first-order valence-electron chi connectivity index (χ1n) is 7.95. The highest BCUT2D eigenvalue weighted by atomic mass is 35.5. The summed E-state index contributed by atoms with van der Waals surface area (Å²) in [4.78, 5) is 19.2. The zero-order valence-electron chi connectivity index (χ0n) is 12.8. The van der Waals surface area contributed by atoms with Crippen LogP contribution in [-0.2, 0) is 0 Å². The maximum atomic E-state index is 12.2. The molecule has 0 aromatic carbocycles. The van der Waals surface area contributed by atoms with Crippen molar-refractivity contribution < 1.29 is 9.53 Å². The number of carbonyl (C=O) groups excluding carboxylic acids is 1. The average molecular weight is 334 g/mol. The summed E-state index contributed by atoms with van der Waals surface area (Å²) in [6.07, 6.45) is 9.49. The summed E-state index contributed by atoms with van der Waals surface area (Å²) in [5.74, 6) is 1.33. The third-order valence-electron chi connectivity index (χ3n) is 4.09. The zero-order valence-corrected chi connectivity index (χ0v) is 13.6. The minimum Gasteiger partial charge on any atom is -0.489 e. The van der Waals surface area contributed by atoms with Crippen LogP contribution in [0.2, 0.25) is 5.02 Å². The van der Waals surface area contributed by atoms with Crippen LogP contribution in [0.3, 0.4) is 0 Å². The van der Waals surface area contributed by atoms with Crippen LogP contribution < -0.4 is 10.1 Å². The van der Waals surface area contributed by atoms with Gasteiger partial charge in [0.2, 0.25) is 0 Å². The number of nitrogens with zero attached hydrogens (tertiary/aromatic N) is 1. The van der Waals surface area contributed by atoms with Gasteiger partial charge in [0, 0.05) is 12.4 Å². The number of H-pyrrole nitrogens is 1. The quantitative estimate of drug-likeness (QED) is 0.858. The molecule has 1 amide bonds. The number of pyridine rings is 1. The summed E-state index contributed by atoms with van der Waals surface area (Å²) < 4.78 is 5.91. The molecule has 1 aliphatic carbocycles. The van der Waals surface area contributed by atoms with Crippen LogP contribution in [0.15, 0.2) is 30.6 Å². The maximum absolute atomic E-state index is 12.2. The molecule has 23 heavy (non-hydrogen) atoms. The lowest BCUT2D eigenvalue weighted by Gasteiger charge is -2.22. The second-order valence-corrected chi connectivity index (χ2v) is 6.29. The molecule has 0 spiro atoms. The van der Waals surface area contributed by atoms with E-state index in [0.717, 1.165) is 0 Å². The van der Waals surface area contributed by atoms with Crippen LogP contribution in [0.1, 0.15) is 42.6 Å². The Balaban J connectivity index is 1.64. The van der Waals surface area contributed by atoms with Crippen LogP contribution in [0.5, 0.6) is 5.75 Å². The highest BCUT2D eigenvalue weighted by Crippen LogP contribution is 2.27. The first-order valence-corrected chi connectivity index (χ1v) is 8.33. The molecular formula is C17H20ClN3O2. The zero-order chi connectivity index (χ0) is 16.1. The van der Waals surface area contributed by atoms with Crippen molar-refractivity contribution in [3.05, 3.63) is 41.3 Å². The number of hydrogen-bond donors (Lipinski definition) is 2. The molecule has 0 aliphatic heterocycles. The minimum atomic E-state index is -0.293. The van der Waals surface area contributed by atoms with Crippen molar-refractivity contribution in [1.82, 2.24) is 9.97 Å². The van der Waals surface area contributed by atoms with Crippen molar-refractivity contribution in [3.8, 4) is 5.75 Å². The Morgan fingerprint density at radius 2 is 2.22 bits per heavy atom. The summed E-state index contributed by atoms with van der Waals surface area (Å²) in [5, 5.41) is 3.25. The van der Waals surface area contributed by atoms with Crippen molar-refractivity contribution in [1.29, 1.82) is 0 Å². The Morgan fingerprint density at radius 3 is 2.96 bits per heavy atom. The molecule has 2 aromatic heterocycles. The summed E-state index contributed by atoms with van der Waals surface area (Å²) >= 11 is 5.82. The number of aromatic nitrogens is 2. The van der Waals surface area contributed by atoms with E-state index in [9.17, 15) is 4.79 Å². The van der Waals surface area contributed by atoms with Gasteiger partial charge in [-0.3, -0.25) is 4.79 Å². The summed E-state index contributed by atoms with van der Waals surface area (Å²) in [5.41, 5.74) is 0.388. The van der Waals surface area contributed by atoms with Crippen molar-refractivity contribution in [2.45, 2.75) is 32.1 Å². The number of amides is 1. The monoisotopic (exact) mass is 333 g/mol. The third kappa shape index (κ3) is 4.26. The van der Waals surface area contributed by atoms with E-state index in [2.05, 4.69) is 15.3 Å². The smallest absolute Gasteiger partial charge is 0.273 e. The molecule has 0 bridgehead atoms. The lowest BCUT2D eigenvalue weighted by Crippen LogP contribution is -2.18. The predicted octanol–water partition coefficient (Wildman–Crippen LogP) is 4.27. The fourth-order valence-corrected chi connectivity index (χ4v) is 3.00. The van der Waals surface area contributed by atoms with Crippen molar-refractivity contribution >= 4 is 23.3 Å². The number of anilines is 1. The Kier molecular flexibility index (Phi) is 5.18. The van der Waals surface area contributed by atoms with E-state index in [1.54, 1.807) is 24.5 Å². The van der Waals surface area contributed by atoms with Gasteiger partial charge in [0.1, 0.15) is 5.69 Å². The standard InChI is InChI=1S/C17H20ClN3O2/c18-13-9-14(20-10-13)17(22)21-16-15(7-4-8-19-16)23-11-12-5-2-1-3-6-12/h4,7-10,12,20H,1-3,5-6,11H2,(H,19,21,22). The second-order valence-electron chi connectivity index (χ2n) is 5.85. The predicted molar refractivity (Wildman–Crippen MR) is 90.1 cm³/mol.